The molecule has 19 heavy (non-hydrogen) atoms. The van der Waals surface area contributed by atoms with Gasteiger partial charge in [-0.2, -0.15) is 0 Å². The molecule has 2 fully saturated rings. The third-order valence-electron chi connectivity index (χ3n) is 5.07. The first-order valence-electron chi connectivity index (χ1n) is 7.46. The zero-order valence-electron chi connectivity index (χ0n) is 11.3. The van der Waals surface area contributed by atoms with E-state index in [1.165, 1.54) is 37.7 Å². The van der Waals surface area contributed by atoms with Gasteiger partial charge >= 0.3 is 0 Å². The lowest BCUT2D eigenvalue weighted by molar-refractivity contribution is 0.268. The topological polar surface area (TPSA) is 48.8 Å². The van der Waals surface area contributed by atoms with Gasteiger partial charge in [0.05, 0.1) is 0 Å². The standard InChI is InChI=1S/C16H21N3/c17-19-18-16-14-10-9-13(11-14)15(16)8-4-7-12-5-2-1-3-6-12/h1-3,5-6,13-16H,4,7-11H2/t13-,14+,15+,16-/m1/s1. The molecule has 0 heterocycles. The van der Waals surface area contributed by atoms with Gasteiger partial charge in [0.15, 0.2) is 0 Å². The summed E-state index contributed by atoms with van der Waals surface area (Å²) in [5, 5.41) is 4.09. The molecular formula is C16H21N3. The van der Waals surface area contributed by atoms with Gasteiger partial charge in [-0.25, -0.2) is 0 Å². The van der Waals surface area contributed by atoms with E-state index >= 15 is 0 Å². The summed E-state index contributed by atoms with van der Waals surface area (Å²) in [6, 6.07) is 11.0. The van der Waals surface area contributed by atoms with Crippen LogP contribution in [0.2, 0.25) is 0 Å². The van der Waals surface area contributed by atoms with Gasteiger partial charge in [0.2, 0.25) is 0 Å². The van der Waals surface area contributed by atoms with Crippen LogP contribution in [0.5, 0.6) is 0 Å². The predicted molar refractivity (Wildman–Crippen MR) is 76.6 cm³/mol. The molecule has 0 spiro atoms. The molecule has 3 heteroatoms. The van der Waals surface area contributed by atoms with E-state index in [0.717, 1.165) is 12.3 Å². The van der Waals surface area contributed by atoms with Crippen molar-refractivity contribution in [2.75, 3.05) is 0 Å². The van der Waals surface area contributed by atoms with Crippen LogP contribution in [0.25, 0.3) is 10.4 Å². The summed E-state index contributed by atoms with van der Waals surface area (Å²) in [7, 11) is 0. The zero-order chi connectivity index (χ0) is 13.1. The quantitative estimate of drug-likeness (QED) is 0.415. The Hall–Kier alpha value is -1.47. The second-order valence-electron chi connectivity index (χ2n) is 6.07. The molecule has 100 valence electrons. The lowest BCUT2D eigenvalue weighted by Crippen LogP contribution is -2.25. The van der Waals surface area contributed by atoms with E-state index in [4.69, 9.17) is 5.53 Å². The van der Waals surface area contributed by atoms with Crippen molar-refractivity contribution in [3.8, 4) is 0 Å². The molecule has 2 aliphatic carbocycles. The minimum Gasteiger partial charge on any atom is -0.0900 e. The Morgan fingerprint density at radius 2 is 1.95 bits per heavy atom. The molecule has 1 aromatic carbocycles. The van der Waals surface area contributed by atoms with E-state index in [2.05, 4.69) is 40.4 Å². The number of azide groups is 1. The van der Waals surface area contributed by atoms with Gasteiger partial charge in [0, 0.05) is 11.0 Å². The van der Waals surface area contributed by atoms with E-state index in [1.807, 2.05) is 0 Å². The number of benzene rings is 1. The third kappa shape index (κ3) is 2.62. The zero-order valence-corrected chi connectivity index (χ0v) is 11.3. The van der Waals surface area contributed by atoms with Crippen LogP contribution in [0.1, 0.15) is 37.7 Å². The SMILES string of the molecule is [N-]=[N+]=N[C@@H]1[C@H]2CC[C@H](C2)[C@@H]1CCCc1ccccc1. The molecule has 2 saturated carbocycles. The second kappa shape index (κ2) is 5.66. The lowest BCUT2D eigenvalue weighted by Gasteiger charge is -2.27. The molecule has 0 radical (unpaired) electrons. The van der Waals surface area contributed by atoms with Gasteiger partial charge in [-0.1, -0.05) is 35.4 Å². The largest absolute Gasteiger partial charge is 0.0900 e. The Morgan fingerprint density at radius 3 is 2.74 bits per heavy atom. The average Bonchev–Trinajstić information content (AvgIpc) is 3.03. The maximum atomic E-state index is 8.73. The maximum Gasteiger partial charge on any atom is 0.0433 e. The lowest BCUT2D eigenvalue weighted by atomic mass is 9.81. The van der Waals surface area contributed by atoms with Crippen LogP contribution in [0.4, 0.5) is 0 Å². The molecule has 0 aliphatic heterocycles. The van der Waals surface area contributed by atoms with Crippen molar-refractivity contribution in [3.05, 3.63) is 46.3 Å². The molecule has 1 aromatic rings. The molecule has 3 nitrogen and oxygen atoms in total. The van der Waals surface area contributed by atoms with Crippen molar-refractivity contribution in [1.29, 1.82) is 0 Å². The summed E-state index contributed by atoms with van der Waals surface area (Å²) in [6.07, 6.45) is 7.54. The second-order valence-corrected chi connectivity index (χ2v) is 6.07. The summed E-state index contributed by atoms with van der Waals surface area (Å²) in [4.78, 5) is 3.08. The smallest absolute Gasteiger partial charge is 0.0433 e. The van der Waals surface area contributed by atoms with Crippen LogP contribution in [0.3, 0.4) is 0 Å². The van der Waals surface area contributed by atoms with Crippen molar-refractivity contribution in [2.24, 2.45) is 22.9 Å². The number of hydrogen-bond donors (Lipinski definition) is 0. The molecule has 0 amide bonds. The van der Waals surface area contributed by atoms with Gasteiger partial charge in [0.25, 0.3) is 0 Å². The summed E-state index contributed by atoms with van der Waals surface area (Å²) < 4.78 is 0. The van der Waals surface area contributed by atoms with Crippen molar-refractivity contribution in [3.63, 3.8) is 0 Å². The number of rotatable bonds is 5. The van der Waals surface area contributed by atoms with Crippen LogP contribution in [-0.4, -0.2) is 6.04 Å². The highest BCUT2D eigenvalue weighted by molar-refractivity contribution is 5.14. The summed E-state index contributed by atoms with van der Waals surface area (Å²) >= 11 is 0. The fourth-order valence-electron chi connectivity index (χ4n) is 4.21. The molecule has 0 N–H and O–H groups in total. The fourth-order valence-corrected chi connectivity index (χ4v) is 4.21. The van der Waals surface area contributed by atoms with Gasteiger partial charge in [-0.15, -0.1) is 0 Å². The van der Waals surface area contributed by atoms with Crippen LogP contribution in [0.15, 0.2) is 35.4 Å². The first kappa shape index (κ1) is 12.6. The monoisotopic (exact) mass is 255 g/mol. The van der Waals surface area contributed by atoms with Crippen LogP contribution < -0.4 is 0 Å². The number of nitrogens with zero attached hydrogens (tertiary/aromatic N) is 3. The normalized spacial score (nSPS) is 32.2. The van der Waals surface area contributed by atoms with Crippen molar-refractivity contribution in [2.45, 2.75) is 44.6 Å². The average molecular weight is 255 g/mol. The molecule has 3 rings (SSSR count). The number of fused-ring (bicyclic) bond motifs is 2. The predicted octanol–water partition coefficient (Wildman–Crippen LogP) is 4.73. The molecular weight excluding hydrogens is 234 g/mol. The number of hydrogen-bond acceptors (Lipinski definition) is 1. The van der Waals surface area contributed by atoms with Gasteiger partial charge in [0.1, 0.15) is 0 Å². The van der Waals surface area contributed by atoms with Crippen LogP contribution in [-0.2, 0) is 6.42 Å². The fraction of sp³-hybridized carbons (Fsp3) is 0.625. The minimum atomic E-state index is 0.291. The van der Waals surface area contributed by atoms with Crippen molar-refractivity contribution in [1.82, 2.24) is 0 Å². The third-order valence-corrected chi connectivity index (χ3v) is 5.07. The minimum absolute atomic E-state index is 0.291. The highest BCUT2D eigenvalue weighted by Gasteiger charge is 2.46. The first-order chi connectivity index (χ1) is 9.38. The van der Waals surface area contributed by atoms with E-state index in [1.54, 1.807) is 0 Å². The van der Waals surface area contributed by atoms with Crippen LogP contribution >= 0.6 is 0 Å². The van der Waals surface area contributed by atoms with Gasteiger partial charge in [-0.3, -0.25) is 0 Å². The van der Waals surface area contributed by atoms with E-state index in [9.17, 15) is 0 Å². The van der Waals surface area contributed by atoms with E-state index in [-0.39, 0.29) is 0 Å². The number of aryl methyl sites for hydroxylation is 1. The van der Waals surface area contributed by atoms with Gasteiger partial charge in [-0.05, 0) is 67.4 Å². The highest BCUT2D eigenvalue weighted by Crippen LogP contribution is 2.51. The Labute approximate surface area is 114 Å². The van der Waals surface area contributed by atoms with Gasteiger partial charge < -0.3 is 0 Å². The highest BCUT2D eigenvalue weighted by atomic mass is 15.2. The Morgan fingerprint density at radius 1 is 1.16 bits per heavy atom. The Balaban J connectivity index is 1.56. The summed E-state index contributed by atoms with van der Waals surface area (Å²) in [6.45, 7) is 0. The van der Waals surface area contributed by atoms with Crippen LogP contribution in [0, 0.1) is 17.8 Å². The summed E-state index contributed by atoms with van der Waals surface area (Å²) in [5.74, 6) is 2.16. The Bertz CT molecular complexity index is 464. The molecule has 0 saturated heterocycles. The first-order valence-corrected chi connectivity index (χ1v) is 7.46. The molecule has 2 bridgehead atoms. The van der Waals surface area contributed by atoms with E-state index < -0.39 is 0 Å². The van der Waals surface area contributed by atoms with E-state index in [0.29, 0.717) is 17.9 Å². The molecule has 2 aliphatic rings. The van der Waals surface area contributed by atoms with Crippen molar-refractivity contribution >= 4 is 0 Å². The molecule has 0 aromatic heterocycles. The molecule has 4 atom stereocenters. The Kier molecular flexibility index (Phi) is 3.74. The molecule has 0 unspecified atom stereocenters. The maximum absolute atomic E-state index is 8.73. The summed E-state index contributed by atoms with van der Waals surface area (Å²) in [5.41, 5.74) is 10.2. The van der Waals surface area contributed by atoms with Crippen molar-refractivity contribution < 1.29 is 0 Å².